The van der Waals surface area contributed by atoms with Crippen LogP contribution in [0.5, 0.6) is 0 Å². The number of nitrogens with zero attached hydrogens (tertiary/aromatic N) is 1. The molecule has 2 aromatic rings. The highest BCUT2D eigenvalue weighted by molar-refractivity contribution is 9.10. The van der Waals surface area contributed by atoms with E-state index in [2.05, 4.69) is 26.2 Å². The lowest BCUT2D eigenvalue weighted by atomic mass is 10.4. The van der Waals surface area contributed by atoms with Gasteiger partial charge in [0.1, 0.15) is 18.1 Å². The third-order valence-corrected chi connectivity index (χ3v) is 2.48. The fraction of sp³-hybridized carbons (Fsp3) is 0.182. The average molecular weight is 283 g/mol. The van der Waals surface area contributed by atoms with E-state index < -0.39 is 0 Å². The maximum atomic E-state index is 8.84. The number of hydrogen-bond acceptors (Lipinski definition) is 4. The zero-order valence-corrected chi connectivity index (χ0v) is 10.1. The molecule has 0 aliphatic carbocycles. The first-order valence-electron chi connectivity index (χ1n) is 4.81. The zero-order chi connectivity index (χ0) is 11.4. The third kappa shape index (κ3) is 2.84. The highest BCUT2D eigenvalue weighted by atomic mass is 79.9. The minimum Gasteiger partial charge on any atom is -0.462 e. The number of anilines is 1. The molecule has 0 saturated heterocycles. The molecule has 0 aliphatic rings. The lowest BCUT2D eigenvalue weighted by molar-refractivity contribution is 0.244. The molecule has 16 heavy (non-hydrogen) atoms. The first-order chi connectivity index (χ1) is 7.78. The van der Waals surface area contributed by atoms with Crippen molar-refractivity contribution in [3.8, 4) is 0 Å². The van der Waals surface area contributed by atoms with Crippen molar-refractivity contribution in [3.05, 3.63) is 46.6 Å². The molecule has 2 aromatic heterocycles. The molecule has 0 saturated carbocycles. The van der Waals surface area contributed by atoms with E-state index >= 15 is 0 Å². The Balaban J connectivity index is 1.96. The van der Waals surface area contributed by atoms with Crippen molar-refractivity contribution in [2.45, 2.75) is 13.2 Å². The molecule has 0 unspecified atom stereocenters. The SMILES string of the molecule is OCc1ccc(CNc2cncc(Br)c2)o1. The van der Waals surface area contributed by atoms with Crippen LogP contribution < -0.4 is 5.32 Å². The summed E-state index contributed by atoms with van der Waals surface area (Å²) < 4.78 is 6.26. The zero-order valence-electron chi connectivity index (χ0n) is 8.48. The smallest absolute Gasteiger partial charge is 0.129 e. The summed E-state index contributed by atoms with van der Waals surface area (Å²) in [7, 11) is 0. The van der Waals surface area contributed by atoms with Crippen molar-refractivity contribution in [2.75, 3.05) is 5.32 Å². The van der Waals surface area contributed by atoms with E-state index in [4.69, 9.17) is 9.52 Å². The summed E-state index contributed by atoms with van der Waals surface area (Å²) in [6, 6.07) is 5.53. The fourth-order valence-corrected chi connectivity index (χ4v) is 1.66. The second-order valence-corrected chi connectivity index (χ2v) is 4.19. The quantitative estimate of drug-likeness (QED) is 0.905. The number of aliphatic hydroxyl groups excluding tert-OH is 1. The number of pyridine rings is 1. The number of aliphatic hydroxyl groups is 1. The predicted octanol–water partition coefficient (Wildman–Crippen LogP) is 2.54. The van der Waals surface area contributed by atoms with Gasteiger partial charge in [-0.15, -0.1) is 0 Å². The van der Waals surface area contributed by atoms with Gasteiger partial charge in [0.15, 0.2) is 0 Å². The van der Waals surface area contributed by atoms with E-state index in [0.29, 0.717) is 12.3 Å². The van der Waals surface area contributed by atoms with Crippen molar-refractivity contribution in [1.82, 2.24) is 4.98 Å². The summed E-state index contributed by atoms with van der Waals surface area (Å²) in [5.41, 5.74) is 0.913. The summed E-state index contributed by atoms with van der Waals surface area (Å²) in [5, 5.41) is 12.0. The Bertz CT molecular complexity index is 471. The van der Waals surface area contributed by atoms with Crippen LogP contribution in [0.15, 0.2) is 39.5 Å². The molecule has 0 amide bonds. The van der Waals surface area contributed by atoms with Crippen LogP contribution in [0.3, 0.4) is 0 Å². The number of rotatable bonds is 4. The molecular weight excluding hydrogens is 272 g/mol. The number of halogens is 1. The maximum absolute atomic E-state index is 8.84. The Labute approximate surface area is 101 Å². The van der Waals surface area contributed by atoms with Crippen LogP contribution in [0.1, 0.15) is 11.5 Å². The Kier molecular flexibility index (Phi) is 3.58. The van der Waals surface area contributed by atoms with Crippen LogP contribution in [0.25, 0.3) is 0 Å². The lowest BCUT2D eigenvalue weighted by Gasteiger charge is -2.03. The van der Waals surface area contributed by atoms with Crippen LogP contribution in [0.2, 0.25) is 0 Å². The van der Waals surface area contributed by atoms with Crippen molar-refractivity contribution < 1.29 is 9.52 Å². The lowest BCUT2D eigenvalue weighted by Crippen LogP contribution is -1.98. The van der Waals surface area contributed by atoms with Crippen LogP contribution in [-0.4, -0.2) is 10.1 Å². The van der Waals surface area contributed by atoms with Gasteiger partial charge >= 0.3 is 0 Å². The Hall–Kier alpha value is -1.33. The Morgan fingerprint density at radius 1 is 1.31 bits per heavy atom. The van der Waals surface area contributed by atoms with E-state index in [9.17, 15) is 0 Å². The number of furan rings is 1. The largest absolute Gasteiger partial charge is 0.462 e. The van der Waals surface area contributed by atoms with Gasteiger partial charge in [-0.1, -0.05) is 0 Å². The van der Waals surface area contributed by atoms with Gasteiger partial charge in [0.05, 0.1) is 18.4 Å². The monoisotopic (exact) mass is 282 g/mol. The van der Waals surface area contributed by atoms with Crippen molar-refractivity contribution in [1.29, 1.82) is 0 Å². The Morgan fingerprint density at radius 3 is 2.81 bits per heavy atom. The highest BCUT2D eigenvalue weighted by Gasteiger charge is 2.01. The minimum absolute atomic E-state index is 0.0710. The van der Waals surface area contributed by atoms with Gasteiger partial charge in [0.2, 0.25) is 0 Å². The minimum atomic E-state index is -0.0710. The molecular formula is C11H11BrN2O2. The highest BCUT2D eigenvalue weighted by Crippen LogP contribution is 2.15. The first-order valence-corrected chi connectivity index (χ1v) is 5.60. The van der Waals surface area contributed by atoms with Gasteiger partial charge in [0.25, 0.3) is 0 Å². The summed E-state index contributed by atoms with van der Waals surface area (Å²) in [6.07, 6.45) is 3.46. The molecule has 5 heteroatoms. The van der Waals surface area contributed by atoms with E-state index in [0.717, 1.165) is 15.9 Å². The Morgan fingerprint density at radius 2 is 2.12 bits per heavy atom. The summed E-state index contributed by atoms with van der Waals surface area (Å²) in [4.78, 5) is 4.04. The van der Waals surface area contributed by atoms with Gasteiger partial charge in [-0.2, -0.15) is 0 Å². The summed E-state index contributed by atoms with van der Waals surface area (Å²) in [6.45, 7) is 0.497. The molecule has 2 rings (SSSR count). The number of aromatic nitrogens is 1. The molecule has 0 aliphatic heterocycles. The molecule has 0 bridgehead atoms. The number of nitrogens with one attached hydrogen (secondary N) is 1. The van der Waals surface area contributed by atoms with Crippen molar-refractivity contribution in [2.24, 2.45) is 0 Å². The normalized spacial score (nSPS) is 10.4. The summed E-state index contributed by atoms with van der Waals surface area (Å²) >= 11 is 3.34. The van der Waals surface area contributed by atoms with E-state index in [1.54, 1.807) is 18.5 Å². The molecule has 0 aromatic carbocycles. The van der Waals surface area contributed by atoms with Crippen LogP contribution in [-0.2, 0) is 13.2 Å². The molecule has 4 nitrogen and oxygen atoms in total. The van der Waals surface area contributed by atoms with E-state index in [1.165, 1.54) is 0 Å². The number of hydrogen-bond donors (Lipinski definition) is 2. The van der Waals surface area contributed by atoms with Gasteiger partial charge in [-0.25, -0.2) is 0 Å². The molecule has 2 heterocycles. The maximum Gasteiger partial charge on any atom is 0.129 e. The predicted molar refractivity (Wildman–Crippen MR) is 63.9 cm³/mol. The molecule has 2 N–H and O–H groups in total. The van der Waals surface area contributed by atoms with Crippen LogP contribution in [0, 0.1) is 0 Å². The topological polar surface area (TPSA) is 58.3 Å². The van der Waals surface area contributed by atoms with Gasteiger partial charge in [0, 0.05) is 10.7 Å². The second-order valence-electron chi connectivity index (χ2n) is 3.27. The van der Waals surface area contributed by atoms with Gasteiger partial charge in [-0.05, 0) is 34.1 Å². The van der Waals surface area contributed by atoms with Crippen molar-refractivity contribution in [3.63, 3.8) is 0 Å². The molecule has 0 atom stereocenters. The standard InChI is InChI=1S/C11H11BrN2O2/c12-8-3-9(5-13-4-8)14-6-10-1-2-11(7-15)16-10/h1-5,14-15H,6-7H2. The molecule has 84 valence electrons. The molecule has 0 fully saturated rings. The molecule has 0 radical (unpaired) electrons. The van der Waals surface area contributed by atoms with Crippen molar-refractivity contribution >= 4 is 21.6 Å². The fourth-order valence-electron chi connectivity index (χ4n) is 1.30. The van der Waals surface area contributed by atoms with Crippen LogP contribution in [0.4, 0.5) is 5.69 Å². The van der Waals surface area contributed by atoms with E-state index in [1.807, 2.05) is 12.1 Å². The third-order valence-electron chi connectivity index (χ3n) is 2.04. The van der Waals surface area contributed by atoms with Gasteiger partial charge < -0.3 is 14.8 Å². The first kappa shape index (κ1) is 11.2. The molecule has 0 spiro atoms. The second kappa shape index (κ2) is 5.14. The van der Waals surface area contributed by atoms with Crippen LogP contribution >= 0.6 is 15.9 Å². The van der Waals surface area contributed by atoms with Gasteiger partial charge in [-0.3, -0.25) is 4.98 Å². The average Bonchev–Trinajstić information content (AvgIpc) is 2.74. The van der Waals surface area contributed by atoms with E-state index in [-0.39, 0.29) is 6.61 Å². The summed E-state index contributed by atoms with van der Waals surface area (Å²) in [5.74, 6) is 1.35.